The van der Waals surface area contributed by atoms with Gasteiger partial charge in [0.05, 0.1) is 11.4 Å². The highest BCUT2D eigenvalue weighted by Crippen LogP contribution is 2.23. The molecule has 0 saturated heterocycles. The molecule has 2 N–H and O–H groups in total. The first-order chi connectivity index (χ1) is 8.11. The Labute approximate surface area is 102 Å². The van der Waals surface area contributed by atoms with Crippen LogP contribution in [0.5, 0.6) is 0 Å². The van der Waals surface area contributed by atoms with Crippen LogP contribution in [0.25, 0.3) is 0 Å². The number of benzene rings is 1. The van der Waals surface area contributed by atoms with Crippen LogP contribution in [0.4, 0.5) is 11.4 Å². The van der Waals surface area contributed by atoms with Crippen molar-refractivity contribution in [2.24, 2.45) is 0 Å². The van der Waals surface area contributed by atoms with Crippen LogP contribution in [0, 0.1) is 0 Å². The first-order valence-corrected chi connectivity index (χ1v) is 5.83. The van der Waals surface area contributed by atoms with Crippen molar-refractivity contribution in [1.29, 1.82) is 0 Å². The minimum atomic E-state index is -0.723. The molecular formula is C13H20N2O2. The van der Waals surface area contributed by atoms with Gasteiger partial charge in [0.15, 0.2) is 0 Å². The highest BCUT2D eigenvalue weighted by molar-refractivity contribution is 5.69. The van der Waals surface area contributed by atoms with Crippen molar-refractivity contribution in [1.82, 2.24) is 0 Å². The van der Waals surface area contributed by atoms with Gasteiger partial charge in [0.1, 0.15) is 0 Å². The minimum absolute atomic E-state index is 0.247. The number of carboxylic acid groups (broad SMARTS) is 1. The molecule has 0 saturated carbocycles. The molecule has 0 unspecified atom stereocenters. The summed E-state index contributed by atoms with van der Waals surface area (Å²) >= 11 is 0. The van der Waals surface area contributed by atoms with Crippen molar-refractivity contribution in [3.63, 3.8) is 0 Å². The van der Waals surface area contributed by atoms with Crippen LogP contribution in [-0.2, 0) is 4.79 Å². The van der Waals surface area contributed by atoms with Gasteiger partial charge in [-0.25, -0.2) is 0 Å². The number of rotatable bonds is 7. The molecule has 0 aliphatic heterocycles. The van der Waals surface area contributed by atoms with E-state index in [1.807, 2.05) is 32.3 Å². The molecule has 4 heteroatoms. The average Bonchev–Trinajstić information content (AvgIpc) is 2.28. The molecule has 1 aromatic rings. The monoisotopic (exact) mass is 236 g/mol. The van der Waals surface area contributed by atoms with Crippen LogP contribution in [0.15, 0.2) is 24.3 Å². The van der Waals surface area contributed by atoms with Crippen LogP contribution < -0.4 is 10.2 Å². The molecule has 0 fully saturated rings. The summed E-state index contributed by atoms with van der Waals surface area (Å²) < 4.78 is 0. The predicted molar refractivity (Wildman–Crippen MR) is 70.7 cm³/mol. The van der Waals surface area contributed by atoms with Gasteiger partial charge in [0.2, 0.25) is 0 Å². The van der Waals surface area contributed by atoms with Crippen molar-refractivity contribution >= 4 is 17.3 Å². The fraction of sp³-hybridized carbons (Fsp3) is 0.462. The summed E-state index contributed by atoms with van der Waals surface area (Å²) in [6.45, 7) is 0.804. The molecule has 0 atom stereocenters. The van der Waals surface area contributed by atoms with E-state index in [0.717, 1.165) is 24.3 Å². The van der Waals surface area contributed by atoms with Crippen LogP contribution in [0.2, 0.25) is 0 Å². The Morgan fingerprint density at radius 1 is 1.29 bits per heavy atom. The quantitative estimate of drug-likeness (QED) is 0.714. The number of nitrogens with one attached hydrogen (secondary N) is 1. The van der Waals surface area contributed by atoms with Crippen molar-refractivity contribution in [2.45, 2.75) is 19.3 Å². The van der Waals surface area contributed by atoms with E-state index in [-0.39, 0.29) is 6.42 Å². The Kier molecular flexibility index (Phi) is 5.33. The smallest absolute Gasteiger partial charge is 0.303 e. The SMILES string of the molecule is CN(C)c1ccccc1NCCCCC(=O)O. The highest BCUT2D eigenvalue weighted by atomic mass is 16.4. The third-order valence-electron chi connectivity index (χ3n) is 2.52. The first kappa shape index (κ1) is 13.4. The Morgan fingerprint density at radius 2 is 2.00 bits per heavy atom. The fourth-order valence-electron chi connectivity index (χ4n) is 1.64. The lowest BCUT2D eigenvalue weighted by Crippen LogP contribution is -2.12. The molecule has 1 rings (SSSR count). The zero-order chi connectivity index (χ0) is 12.7. The van der Waals surface area contributed by atoms with Crippen LogP contribution in [0.3, 0.4) is 0 Å². The molecule has 0 aliphatic rings. The number of para-hydroxylation sites is 2. The molecule has 0 radical (unpaired) electrons. The Morgan fingerprint density at radius 3 is 2.65 bits per heavy atom. The maximum Gasteiger partial charge on any atom is 0.303 e. The van der Waals surface area contributed by atoms with Gasteiger partial charge in [-0.05, 0) is 25.0 Å². The van der Waals surface area contributed by atoms with E-state index >= 15 is 0 Å². The molecule has 17 heavy (non-hydrogen) atoms. The summed E-state index contributed by atoms with van der Waals surface area (Å²) in [6, 6.07) is 8.09. The number of carboxylic acids is 1. The van der Waals surface area contributed by atoms with E-state index in [1.54, 1.807) is 0 Å². The van der Waals surface area contributed by atoms with Crippen LogP contribution in [0.1, 0.15) is 19.3 Å². The number of hydrogen-bond donors (Lipinski definition) is 2. The second-order valence-electron chi connectivity index (χ2n) is 4.19. The van der Waals surface area contributed by atoms with E-state index in [9.17, 15) is 4.79 Å². The second-order valence-corrected chi connectivity index (χ2v) is 4.19. The van der Waals surface area contributed by atoms with Crippen molar-refractivity contribution in [3.05, 3.63) is 24.3 Å². The molecule has 0 spiro atoms. The number of unbranched alkanes of at least 4 members (excludes halogenated alkanes) is 1. The lowest BCUT2D eigenvalue weighted by molar-refractivity contribution is -0.137. The molecule has 94 valence electrons. The fourth-order valence-corrected chi connectivity index (χ4v) is 1.64. The van der Waals surface area contributed by atoms with Crippen molar-refractivity contribution in [2.75, 3.05) is 30.9 Å². The second kappa shape index (κ2) is 6.78. The van der Waals surface area contributed by atoms with E-state index in [0.29, 0.717) is 6.42 Å². The third-order valence-corrected chi connectivity index (χ3v) is 2.52. The van der Waals surface area contributed by atoms with Crippen molar-refractivity contribution < 1.29 is 9.90 Å². The maximum absolute atomic E-state index is 10.3. The van der Waals surface area contributed by atoms with E-state index in [4.69, 9.17) is 5.11 Å². The molecule has 0 aliphatic carbocycles. The Hall–Kier alpha value is -1.71. The molecular weight excluding hydrogens is 216 g/mol. The van der Waals surface area contributed by atoms with Crippen molar-refractivity contribution in [3.8, 4) is 0 Å². The van der Waals surface area contributed by atoms with Gasteiger partial charge in [0, 0.05) is 27.1 Å². The standard InChI is InChI=1S/C13H20N2O2/c1-15(2)12-8-4-3-7-11(12)14-10-6-5-9-13(16)17/h3-4,7-8,14H,5-6,9-10H2,1-2H3,(H,16,17). The summed E-state index contributed by atoms with van der Waals surface area (Å²) in [7, 11) is 4.01. The number of aliphatic carboxylic acids is 1. The van der Waals surface area contributed by atoms with E-state index < -0.39 is 5.97 Å². The van der Waals surface area contributed by atoms with Gasteiger partial charge in [-0.2, -0.15) is 0 Å². The van der Waals surface area contributed by atoms with E-state index in [2.05, 4.69) is 16.3 Å². The van der Waals surface area contributed by atoms with Gasteiger partial charge in [-0.3, -0.25) is 4.79 Å². The largest absolute Gasteiger partial charge is 0.481 e. The molecule has 1 aromatic carbocycles. The van der Waals surface area contributed by atoms with Gasteiger partial charge >= 0.3 is 5.97 Å². The average molecular weight is 236 g/mol. The Balaban J connectivity index is 2.38. The van der Waals surface area contributed by atoms with Crippen LogP contribution in [-0.4, -0.2) is 31.7 Å². The lowest BCUT2D eigenvalue weighted by Gasteiger charge is -2.18. The topological polar surface area (TPSA) is 52.6 Å². The number of nitrogens with zero attached hydrogens (tertiary/aromatic N) is 1. The first-order valence-electron chi connectivity index (χ1n) is 5.83. The van der Waals surface area contributed by atoms with Gasteiger partial charge in [0.25, 0.3) is 0 Å². The summed E-state index contributed by atoms with van der Waals surface area (Å²) in [4.78, 5) is 12.4. The zero-order valence-corrected chi connectivity index (χ0v) is 10.4. The summed E-state index contributed by atoms with van der Waals surface area (Å²) in [5.74, 6) is -0.723. The molecule has 0 aromatic heterocycles. The molecule has 0 bridgehead atoms. The van der Waals surface area contributed by atoms with Gasteiger partial charge < -0.3 is 15.3 Å². The van der Waals surface area contributed by atoms with Gasteiger partial charge in [-0.15, -0.1) is 0 Å². The lowest BCUT2D eigenvalue weighted by atomic mass is 10.2. The summed E-state index contributed by atoms with van der Waals surface area (Å²) in [6.07, 6.45) is 1.83. The third kappa shape index (κ3) is 4.76. The maximum atomic E-state index is 10.3. The molecule has 0 amide bonds. The highest BCUT2D eigenvalue weighted by Gasteiger charge is 2.02. The molecule has 0 heterocycles. The van der Waals surface area contributed by atoms with Crippen LogP contribution >= 0.6 is 0 Å². The zero-order valence-electron chi connectivity index (χ0n) is 10.4. The number of carbonyl (C=O) groups is 1. The minimum Gasteiger partial charge on any atom is -0.481 e. The summed E-state index contributed by atoms with van der Waals surface area (Å²) in [5.41, 5.74) is 2.23. The normalized spacial score (nSPS) is 10.0. The van der Waals surface area contributed by atoms with E-state index in [1.165, 1.54) is 0 Å². The Bertz CT molecular complexity index is 364. The number of hydrogen-bond acceptors (Lipinski definition) is 3. The predicted octanol–water partition coefficient (Wildman–Crippen LogP) is 2.42. The molecule has 4 nitrogen and oxygen atoms in total. The number of anilines is 2. The summed E-state index contributed by atoms with van der Waals surface area (Å²) in [5, 5.41) is 11.9. The van der Waals surface area contributed by atoms with Gasteiger partial charge in [-0.1, -0.05) is 12.1 Å².